The molecule has 2 amide bonds. The summed E-state index contributed by atoms with van der Waals surface area (Å²) in [5.74, 6) is -1.01. The molecule has 0 aliphatic carbocycles. The number of carbonyl (C=O) groups excluding carboxylic acids is 2. The first-order valence-corrected chi connectivity index (χ1v) is 5.95. The van der Waals surface area contributed by atoms with Crippen LogP contribution in [0, 0.1) is 11.8 Å². The van der Waals surface area contributed by atoms with Crippen molar-refractivity contribution in [2.24, 2.45) is 11.8 Å². The first-order valence-electron chi connectivity index (χ1n) is 5.95. The van der Waals surface area contributed by atoms with Crippen LogP contribution in [0.5, 0.6) is 0 Å². The Balaban J connectivity index is 2.61. The van der Waals surface area contributed by atoms with Gasteiger partial charge < -0.3 is 5.11 Å². The highest BCUT2D eigenvalue weighted by molar-refractivity contribution is 6.01. The number of amides is 2. The third-order valence-electron chi connectivity index (χ3n) is 2.86. The van der Waals surface area contributed by atoms with Gasteiger partial charge in [0.15, 0.2) is 0 Å². The molecule has 0 bridgehead atoms. The molecule has 17 heavy (non-hydrogen) atoms. The van der Waals surface area contributed by atoms with E-state index < -0.39 is 5.97 Å². The summed E-state index contributed by atoms with van der Waals surface area (Å²) in [6, 6.07) is 0. The molecule has 0 saturated carbocycles. The fraction of sp³-hybridized carbons (Fsp3) is 0.750. The second-order valence-corrected chi connectivity index (χ2v) is 4.99. The Morgan fingerprint density at radius 3 is 2.24 bits per heavy atom. The largest absolute Gasteiger partial charge is 0.481 e. The molecule has 1 saturated heterocycles. The van der Waals surface area contributed by atoms with Crippen LogP contribution in [0.15, 0.2) is 0 Å². The maximum Gasteiger partial charge on any atom is 0.303 e. The highest BCUT2D eigenvalue weighted by atomic mass is 16.4. The number of aliphatic carboxylic acids is 1. The van der Waals surface area contributed by atoms with Crippen molar-refractivity contribution < 1.29 is 19.5 Å². The Morgan fingerprint density at radius 2 is 1.82 bits per heavy atom. The average Bonchev–Trinajstić information content (AvgIpc) is 2.47. The standard InChI is InChI=1S/C12H19NO4/c1-8(2)5-9(6-12(16)17)7-13-10(14)3-4-11(13)15/h8-9H,3-7H2,1-2H3,(H,16,17). The highest BCUT2D eigenvalue weighted by Crippen LogP contribution is 2.21. The molecule has 0 spiro atoms. The first-order chi connectivity index (χ1) is 7.90. The van der Waals surface area contributed by atoms with Gasteiger partial charge in [0.2, 0.25) is 11.8 Å². The Kier molecular flexibility index (Phi) is 4.66. The van der Waals surface area contributed by atoms with E-state index in [-0.39, 0.29) is 43.5 Å². The molecule has 1 aliphatic rings. The predicted molar refractivity (Wildman–Crippen MR) is 61.2 cm³/mol. The number of carboxylic acid groups (broad SMARTS) is 1. The summed E-state index contributed by atoms with van der Waals surface area (Å²) in [5.41, 5.74) is 0. The maximum atomic E-state index is 11.4. The molecule has 96 valence electrons. The predicted octanol–water partition coefficient (Wildman–Crippen LogP) is 1.27. The van der Waals surface area contributed by atoms with Gasteiger partial charge in [0.05, 0.1) is 0 Å². The summed E-state index contributed by atoms with van der Waals surface area (Å²) in [4.78, 5) is 34.9. The highest BCUT2D eigenvalue weighted by Gasteiger charge is 2.31. The fourth-order valence-electron chi connectivity index (χ4n) is 2.22. The fourth-order valence-corrected chi connectivity index (χ4v) is 2.22. The number of likely N-dealkylation sites (tertiary alicyclic amines) is 1. The third-order valence-corrected chi connectivity index (χ3v) is 2.86. The Bertz CT molecular complexity index is 308. The number of carbonyl (C=O) groups is 3. The minimum atomic E-state index is -0.880. The SMILES string of the molecule is CC(C)CC(CC(=O)O)CN1C(=O)CCC1=O. The van der Waals surface area contributed by atoms with Crippen molar-refractivity contribution in [2.45, 2.75) is 39.5 Å². The van der Waals surface area contributed by atoms with Gasteiger partial charge in [0.25, 0.3) is 0 Å². The van der Waals surface area contributed by atoms with E-state index >= 15 is 0 Å². The lowest BCUT2D eigenvalue weighted by Gasteiger charge is -2.22. The summed E-state index contributed by atoms with van der Waals surface area (Å²) >= 11 is 0. The summed E-state index contributed by atoms with van der Waals surface area (Å²) in [7, 11) is 0. The molecule has 1 rings (SSSR count). The summed E-state index contributed by atoms with van der Waals surface area (Å²) in [6.07, 6.45) is 1.25. The lowest BCUT2D eigenvalue weighted by atomic mass is 9.93. The molecule has 0 aromatic heterocycles. The van der Waals surface area contributed by atoms with Crippen LogP contribution in [-0.2, 0) is 14.4 Å². The number of imide groups is 1. The van der Waals surface area contributed by atoms with Crippen molar-refractivity contribution in [3.05, 3.63) is 0 Å². The number of rotatable bonds is 6. The van der Waals surface area contributed by atoms with E-state index in [1.165, 1.54) is 4.90 Å². The summed E-state index contributed by atoms with van der Waals surface area (Å²) < 4.78 is 0. The Morgan fingerprint density at radius 1 is 1.29 bits per heavy atom. The zero-order valence-corrected chi connectivity index (χ0v) is 10.3. The van der Waals surface area contributed by atoms with Crippen molar-refractivity contribution in [3.63, 3.8) is 0 Å². The van der Waals surface area contributed by atoms with Gasteiger partial charge >= 0.3 is 5.97 Å². The minimum Gasteiger partial charge on any atom is -0.481 e. The second-order valence-electron chi connectivity index (χ2n) is 4.99. The van der Waals surface area contributed by atoms with Crippen molar-refractivity contribution in [1.82, 2.24) is 4.90 Å². The van der Waals surface area contributed by atoms with Gasteiger partial charge in [-0.1, -0.05) is 13.8 Å². The van der Waals surface area contributed by atoms with Gasteiger partial charge in [0.1, 0.15) is 0 Å². The smallest absolute Gasteiger partial charge is 0.303 e. The van der Waals surface area contributed by atoms with Gasteiger partial charge in [-0.3, -0.25) is 19.3 Å². The molecule has 0 aromatic rings. The lowest BCUT2D eigenvalue weighted by molar-refractivity contribution is -0.143. The normalized spacial score (nSPS) is 17.9. The van der Waals surface area contributed by atoms with E-state index in [1.54, 1.807) is 0 Å². The molecular formula is C12H19NO4. The quantitative estimate of drug-likeness (QED) is 0.711. The zero-order chi connectivity index (χ0) is 13.0. The summed E-state index contributed by atoms with van der Waals surface area (Å²) in [6.45, 7) is 4.26. The lowest BCUT2D eigenvalue weighted by Crippen LogP contribution is -2.35. The molecule has 0 radical (unpaired) electrons. The topological polar surface area (TPSA) is 74.7 Å². The molecule has 0 aromatic carbocycles. The van der Waals surface area contributed by atoms with E-state index in [2.05, 4.69) is 0 Å². The van der Waals surface area contributed by atoms with Gasteiger partial charge in [-0.05, 0) is 18.3 Å². The maximum absolute atomic E-state index is 11.4. The zero-order valence-electron chi connectivity index (χ0n) is 10.3. The average molecular weight is 241 g/mol. The van der Waals surface area contributed by atoms with E-state index in [9.17, 15) is 14.4 Å². The van der Waals surface area contributed by atoms with Gasteiger partial charge in [-0.25, -0.2) is 0 Å². The van der Waals surface area contributed by atoms with Crippen LogP contribution >= 0.6 is 0 Å². The van der Waals surface area contributed by atoms with Gasteiger partial charge in [-0.2, -0.15) is 0 Å². The molecule has 1 atom stereocenters. The Labute approximate surface area is 101 Å². The van der Waals surface area contributed by atoms with Crippen molar-refractivity contribution >= 4 is 17.8 Å². The molecule has 1 unspecified atom stereocenters. The number of hydrogen-bond acceptors (Lipinski definition) is 3. The van der Waals surface area contributed by atoms with Crippen LogP contribution in [-0.4, -0.2) is 34.3 Å². The van der Waals surface area contributed by atoms with E-state index in [1.807, 2.05) is 13.8 Å². The van der Waals surface area contributed by atoms with Crippen LogP contribution in [0.2, 0.25) is 0 Å². The van der Waals surface area contributed by atoms with E-state index in [4.69, 9.17) is 5.11 Å². The van der Waals surface area contributed by atoms with Crippen LogP contribution in [0.1, 0.15) is 39.5 Å². The van der Waals surface area contributed by atoms with Gasteiger partial charge in [-0.15, -0.1) is 0 Å². The van der Waals surface area contributed by atoms with Gasteiger partial charge in [0, 0.05) is 25.8 Å². The molecule has 1 fully saturated rings. The van der Waals surface area contributed by atoms with Crippen LogP contribution in [0.25, 0.3) is 0 Å². The van der Waals surface area contributed by atoms with E-state index in [0.29, 0.717) is 12.3 Å². The van der Waals surface area contributed by atoms with Crippen molar-refractivity contribution in [3.8, 4) is 0 Å². The Hall–Kier alpha value is -1.39. The summed E-state index contributed by atoms with van der Waals surface area (Å²) in [5, 5.41) is 8.81. The third kappa shape index (κ3) is 4.17. The molecule has 1 heterocycles. The van der Waals surface area contributed by atoms with Crippen molar-refractivity contribution in [1.29, 1.82) is 0 Å². The molecular weight excluding hydrogens is 222 g/mol. The molecule has 1 aliphatic heterocycles. The first kappa shape index (κ1) is 13.7. The minimum absolute atomic E-state index is 0.00917. The number of hydrogen-bond donors (Lipinski definition) is 1. The second kappa shape index (κ2) is 5.80. The van der Waals surface area contributed by atoms with Crippen LogP contribution < -0.4 is 0 Å². The molecule has 5 heteroatoms. The monoisotopic (exact) mass is 241 g/mol. The van der Waals surface area contributed by atoms with Crippen LogP contribution in [0.4, 0.5) is 0 Å². The van der Waals surface area contributed by atoms with Crippen LogP contribution in [0.3, 0.4) is 0 Å². The van der Waals surface area contributed by atoms with Crippen molar-refractivity contribution in [2.75, 3.05) is 6.54 Å². The number of nitrogens with zero attached hydrogens (tertiary/aromatic N) is 1. The number of carboxylic acids is 1. The molecule has 5 nitrogen and oxygen atoms in total. The van der Waals surface area contributed by atoms with E-state index in [0.717, 1.165) is 0 Å². The molecule has 1 N–H and O–H groups in total.